The summed E-state index contributed by atoms with van der Waals surface area (Å²) in [7, 11) is 1.62. The number of benzene rings is 2. The first-order valence-electron chi connectivity index (χ1n) is 7.03. The largest absolute Gasteiger partial charge is 0.497 e. The minimum absolute atomic E-state index is 0.325. The number of methoxy groups -OCH3 is 1. The van der Waals surface area contributed by atoms with Crippen molar-refractivity contribution in [2.75, 3.05) is 7.11 Å². The average molecular weight is 292 g/mol. The average Bonchev–Trinajstić information content (AvgIpc) is 2.91. The highest BCUT2D eigenvalue weighted by Gasteiger charge is 2.22. The first kappa shape index (κ1) is 14.1. The van der Waals surface area contributed by atoms with Crippen molar-refractivity contribution in [3.05, 3.63) is 76.9 Å². The van der Waals surface area contributed by atoms with Gasteiger partial charge in [0.2, 0.25) is 0 Å². The molecule has 2 aromatic carbocycles. The third-order valence-electron chi connectivity index (χ3n) is 3.60. The van der Waals surface area contributed by atoms with Crippen LogP contribution in [0.3, 0.4) is 0 Å². The molecule has 1 aliphatic rings. The van der Waals surface area contributed by atoms with E-state index in [0.717, 1.165) is 22.4 Å². The van der Waals surface area contributed by atoms with Crippen molar-refractivity contribution in [2.45, 2.75) is 6.92 Å². The molecule has 1 heterocycles. The van der Waals surface area contributed by atoms with Crippen molar-refractivity contribution >= 4 is 17.8 Å². The lowest BCUT2D eigenvalue weighted by Crippen LogP contribution is -1.97. The van der Waals surface area contributed by atoms with Crippen molar-refractivity contribution in [2.24, 2.45) is 0 Å². The van der Waals surface area contributed by atoms with E-state index in [1.54, 1.807) is 13.2 Å². The second-order valence-corrected chi connectivity index (χ2v) is 5.08. The van der Waals surface area contributed by atoms with Crippen LogP contribution in [0, 0.1) is 6.92 Å². The molecule has 1 aliphatic heterocycles. The number of esters is 1. The van der Waals surface area contributed by atoms with Crippen molar-refractivity contribution < 1.29 is 14.3 Å². The molecule has 0 spiro atoms. The van der Waals surface area contributed by atoms with Crippen molar-refractivity contribution in [3.8, 4) is 5.75 Å². The molecule has 3 rings (SSSR count). The van der Waals surface area contributed by atoms with Gasteiger partial charge in [-0.25, -0.2) is 4.79 Å². The molecule has 0 bridgehead atoms. The van der Waals surface area contributed by atoms with Gasteiger partial charge in [0.05, 0.1) is 12.7 Å². The minimum atomic E-state index is -0.325. The van der Waals surface area contributed by atoms with Crippen molar-refractivity contribution in [1.29, 1.82) is 0 Å². The van der Waals surface area contributed by atoms with Crippen LogP contribution < -0.4 is 4.74 Å². The molecule has 0 aromatic heterocycles. The van der Waals surface area contributed by atoms with Gasteiger partial charge in [0.1, 0.15) is 11.5 Å². The maximum atomic E-state index is 12.0. The number of aryl methyl sites for hydroxylation is 1. The van der Waals surface area contributed by atoms with Gasteiger partial charge in [-0.1, -0.05) is 24.3 Å². The Morgan fingerprint density at radius 2 is 1.77 bits per heavy atom. The predicted octanol–water partition coefficient (Wildman–Crippen LogP) is 3.98. The molecule has 0 fully saturated rings. The summed E-state index contributed by atoms with van der Waals surface area (Å²) in [5.74, 6) is 1.01. The first-order valence-corrected chi connectivity index (χ1v) is 7.03. The zero-order valence-corrected chi connectivity index (χ0v) is 12.5. The molecule has 0 amide bonds. The molecular weight excluding hydrogens is 276 g/mol. The molecule has 0 N–H and O–H groups in total. The van der Waals surface area contributed by atoms with Crippen LogP contribution in [0.2, 0.25) is 0 Å². The summed E-state index contributed by atoms with van der Waals surface area (Å²) in [6.45, 7) is 2.01. The van der Waals surface area contributed by atoms with E-state index in [4.69, 9.17) is 9.47 Å². The number of hydrogen-bond donors (Lipinski definition) is 0. The van der Waals surface area contributed by atoms with E-state index in [0.29, 0.717) is 11.3 Å². The smallest absolute Gasteiger partial charge is 0.343 e. The molecule has 3 nitrogen and oxygen atoms in total. The van der Waals surface area contributed by atoms with Crippen LogP contribution in [0.25, 0.3) is 11.8 Å². The fraction of sp³-hybridized carbons (Fsp3) is 0.105. The monoisotopic (exact) mass is 292 g/mol. The van der Waals surface area contributed by atoms with Gasteiger partial charge in [0, 0.05) is 5.56 Å². The number of rotatable bonds is 3. The van der Waals surface area contributed by atoms with Crippen molar-refractivity contribution in [1.82, 2.24) is 0 Å². The highest BCUT2D eigenvalue weighted by atomic mass is 16.5. The molecule has 0 saturated carbocycles. The highest BCUT2D eigenvalue weighted by Crippen LogP contribution is 2.28. The van der Waals surface area contributed by atoms with Gasteiger partial charge in [-0.2, -0.15) is 0 Å². The Labute approximate surface area is 129 Å². The lowest BCUT2D eigenvalue weighted by Gasteiger charge is -2.03. The van der Waals surface area contributed by atoms with Gasteiger partial charge < -0.3 is 9.47 Å². The number of carbonyl (C=O) groups is 1. The predicted molar refractivity (Wildman–Crippen MR) is 86.2 cm³/mol. The Hall–Kier alpha value is -2.81. The minimum Gasteiger partial charge on any atom is -0.497 e. The third kappa shape index (κ3) is 2.79. The molecule has 0 aliphatic carbocycles. The Morgan fingerprint density at radius 1 is 1.05 bits per heavy atom. The summed E-state index contributed by atoms with van der Waals surface area (Å²) in [6, 6.07) is 15.3. The van der Waals surface area contributed by atoms with Crippen LogP contribution in [0.1, 0.15) is 16.7 Å². The Morgan fingerprint density at radius 3 is 2.45 bits per heavy atom. The van der Waals surface area contributed by atoms with E-state index in [-0.39, 0.29) is 5.97 Å². The Balaban J connectivity index is 1.92. The van der Waals surface area contributed by atoms with Crippen LogP contribution in [0.5, 0.6) is 5.75 Å². The van der Waals surface area contributed by atoms with Gasteiger partial charge in [-0.05, 0) is 54.5 Å². The van der Waals surface area contributed by atoms with E-state index in [2.05, 4.69) is 0 Å². The Kier molecular flexibility index (Phi) is 3.79. The Bertz CT molecular complexity index is 768. The van der Waals surface area contributed by atoms with Gasteiger partial charge in [-0.3, -0.25) is 0 Å². The van der Waals surface area contributed by atoms with Crippen LogP contribution in [-0.4, -0.2) is 13.1 Å². The SMILES string of the molecule is COc1ccc(C2=C/C(=C\c3ccccc3C)C(=O)O2)cc1. The van der Waals surface area contributed by atoms with Crippen LogP contribution in [0.15, 0.2) is 60.2 Å². The van der Waals surface area contributed by atoms with Crippen LogP contribution >= 0.6 is 0 Å². The molecule has 3 heteroatoms. The standard InChI is InChI=1S/C19H16O3/c1-13-5-3-4-6-15(13)11-16-12-18(22-19(16)20)14-7-9-17(21-2)10-8-14/h3-12H,1-2H3/b16-11+. The fourth-order valence-corrected chi connectivity index (χ4v) is 2.30. The van der Waals surface area contributed by atoms with Gasteiger partial charge >= 0.3 is 5.97 Å². The van der Waals surface area contributed by atoms with Gasteiger partial charge in [-0.15, -0.1) is 0 Å². The number of cyclic esters (lactones) is 1. The topological polar surface area (TPSA) is 35.5 Å². The maximum Gasteiger partial charge on any atom is 0.343 e. The van der Waals surface area contributed by atoms with Crippen LogP contribution in [-0.2, 0) is 9.53 Å². The summed E-state index contributed by atoms with van der Waals surface area (Å²) in [6.07, 6.45) is 3.63. The van der Waals surface area contributed by atoms with Crippen molar-refractivity contribution in [3.63, 3.8) is 0 Å². The summed E-state index contributed by atoms with van der Waals surface area (Å²) >= 11 is 0. The zero-order valence-electron chi connectivity index (χ0n) is 12.5. The zero-order chi connectivity index (χ0) is 15.5. The summed E-state index contributed by atoms with van der Waals surface area (Å²) < 4.78 is 10.5. The first-order chi connectivity index (χ1) is 10.7. The maximum absolute atomic E-state index is 12.0. The van der Waals surface area contributed by atoms with E-state index in [1.807, 2.05) is 61.5 Å². The lowest BCUT2D eigenvalue weighted by atomic mass is 10.1. The van der Waals surface area contributed by atoms with E-state index in [1.165, 1.54) is 0 Å². The number of ether oxygens (including phenoxy) is 2. The second-order valence-electron chi connectivity index (χ2n) is 5.08. The van der Waals surface area contributed by atoms with E-state index >= 15 is 0 Å². The lowest BCUT2D eigenvalue weighted by molar-refractivity contribution is -0.130. The number of carbonyl (C=O) groups excluding carboxylic acids is 1. The highest BCUT2D eigenvalue weighted by molar-refractivity contribution is 6.05. The third-order valence-corrected chi connectivity index (χ3v) is 3.60. The molecule has 110 valence electrons. The second kappa shape index (κ2) is 5.90. The van der Waals surface area contributed by atoms with Crippen LogP contribution in [0.4, 0.5) is 0 Å². The quantitative estimate of drug-likeness (QED) is 0.634. The summed E-state index contributed by atoms with van der Waals surface area (Å²) in [5, 5.41) is 0. The van der Waals surface area contributed by atoms with E-state index in [9.17, 15) is 4.79 Å². The summed E-state index contributed by atoms with van der Waals surface area (Å²) in [4.78, 5) is 12.0. The fourth-order valence-electron chi connectivity index (χ4n) is 2.30. The molecule has 22 heavy (non-hydrogen) atoms. The van der Waals surface area contributed by atoms with E-state index < -0.39 is 0 Å². The molecule has 0 unspecified atom stereocenters. The number of hydrogen-bond acceptors (Lipinski definition) is 3. The molecule has 2 aromatic rings. The molecular formula is C19H16O3. The molecule has 0 saturated heterocycles. The normalized spacial score (nSPS) is 15.6. The molecule has 0 radical (unpaired) electrons. The van der Waals surface area contributed by atoms with Gasteiger partial charge in [0.15, 0.2) is 0 Å². The summed E-state index contributed by atoms with van der Waals surface area (Å²) in [5.41, 5.74) is 3.54. The van der Waals surface area contributed by atoms with Gasteiger partial charge in [0.25, 0.3) is 0 Å². The molecule has 0 atom stereocenters.